The first-order valence-electron chi connectivity index (χ1n) is 8.10. The van der Waals surface area contributed by atoms with Crippen LogP contribution in [0.15, 0.2) is 0 Å². The molecular weight excluding hydrogens is 516 g/mol. The maximum atomic E-state index is 14.9. The summed E-state index contributed by atoms with van der Waals surface area (Å²) in [5.74, 6) is -34.6. The molecule has 1 atom stereocenters. The predicted molar refractivity (Wildman–Crippen MR) is 84.4 cm³/mol. The smallest absolute Gasteiger partial charge is 0.230 e. The molecule has 0 aromatic carbocycles. The highest BCUT2D eigenvalue weighted by Crippen LogP contribution is 2.71. The van der Waals surface area contributed by atoms with Crippen molar-refractivity contribution in [3.8, 4) is 0 Å². The first-order valence-corrected chi connectivity index (χ1v) is 9.17. The first kappa shape index (κ1) is 25.0. The second-order valence-electron chi connectivity index (χ2n) is 6.81. The van der Waals surface area contributed by atoms with E-state index in [4.69, 9.17) is 0 Å². The van der Waals surface area contributed by atoms with Crippen molar-refractivity contribution in [1.82, 2.24) is 0 Å². The molecule has 1 fully saturated rings. The van der Waals surface area contributed by atoms with Crippen molar-refractivity contribution in [2.75, 3.05) is 0 Å². The largest absolute Gasteiger partial charge is 0.384 e. The maximum absolute atomic E-state index is 14.9. The Morgan fingerprint density at radius 1 is 0.630 bits per heavy atom. The molecule has 0 heterocycles. The lowest BCUT2D eigenvalue weighted by atomic mass is 9.68. The van der Waals surface area contributed by atoms with Gasteiger partial charge in [-0.15, -0.1) is 0 Å². The van der Waals surface area contributed by atoms with Crippen LogP contribution in [-0.4, -0.2) is 38.7 Å². The SMILES string of the molecule is CCCCCC(I)(CC)CC1(F)C(F)(F)C(F)(F)C(F)(F)C(F)(F)C1(F)F. The van der Waals surface area contributed by atoms with Gasteiger partial charge < -0.3 is 0 Å². The monoisotopic (exact) mass is 534 g/mol. The fourth-order valence-corrected chi connectivity index (χ4v) is 3.93. The van der Waals surface area contributed by atoms with Crippen LogP contribution in [0.2, 0.25) is 0 Å². The van der Waals surface area contributed by atoms with E-state index in [9.17, 15) is 48.3 Å². The summed E-state index contributed by atoms with van der Waals surface area (Å²) >= 11 is 1.27. The van der Waals surface area contributed by atoms with Crippen molar-refractivity contribution in [2.24, 2.45) is 0 Å². The molecule has 0 nitrogen and oxygen atoms in total. The fourth-order valence-electron chi connectivity index (χ4n) is 3.03. The lowest BCUT2D eigenvalue weighted by molar-refractivity contribution is -0.486. The third-order valence-electron chi connectivity index (χ3n) is 5.00. The van der Waals surface area contributed by atoms with Crippen molar-refractivity contribution >= 4 is 22.6 Å². The second kappa shape index (κ2) is 7.03. The molecule has 0 amide bonds. The van der Waals surface area contributed by atoms with E-state index in [1.54, 1.807) is 6.92 Å². The minimum absolute atomic E-state index is 0.198. The molecule has 1 aliphatic carbocycles. The number of hydrogen-bond acceptors (Lipinski definition) is 0. The number of alkyl halides is 12. The zero-order chi connectivity index (χ0) is 21.7. The van der Waals surface area contributed by atoms with Gasteiger partial charge in [0.1, 0.15) is 0 Å². The van der Waals surface area contributed by atoms with E-state index in [2.05, 4.69) is 0 Å². The molecule has 12 heteroatoms. The van der Waals surface area contributed by atoms with Crippen LogP contribution >= 0.6 is 22.6 Å². The van der Waals surface area contributed by atoms with Gasteiger partial charge in [0.15, 0.2) is 0 Å². The van der Waals surface area contributed by atoms with Crippen LogP contribution < -0.4 is 0 Å². The minimum atomic E-state index is -7.15. The molecule has 0 bridgehead atoms. The van der Waals surface area contributed by atoms with Crippen molar-refractivity contribution in [2.45, 2.75) is 91.1 Å². The van der Waals surface area contributed by atoms with Crippen LogP contribution in [0.1, 0.15) is 52.4 Å². The molecule has 162 valence electrons. The Labute approximate surface area is 162 Å². The highest BCUT2D eigenvalue weighted by molar-refractivity contribution is 14.1. The molecule has 0 N–H and O–H groups in total. The summed E-state index contributed by atoms with van der Waals surface area (Å²) in [6.07, 6.45) is -1.41. The van der Waals surface area contributed by atoms with Gasteiger partial charge >= 0.3 is 29.6 Å². The lowest BCUT2D eigenvalue weighted by Crippen LogP contribution is -2.84. The molecule has 0 radical (unpaired) electrons. The molecule has 0 aliphatic heterocycles. The summed E-state index contributed by atoms with van der Waals surface area (Å²) < 4.78 is 150. The van der Waals surface area contributed by atoms with Crippen molar-refractivity contribution in [1.29, 1.82) is 0 Å². The van der Waals surface area contributed by atoms with Crippen LogP contribution in [0.3, 0.4) is 0 Å². The summed E-state index contributed by atoms with van der Waals surface area (Å²) in [7, 11) is 0. The van der Waals surface area contributed by atoms with Gasteiger partial charge in [0, 0.05) is 9.84 Å². The first-order chi connectivity index (χ1) is 11.8. The number of unbranched alkanes of at least 4 members (excludes halogenated alkanes) is 2. The average molecular weight is 534 g/mol. The van der Waals surface area contributed by atoms with Crippen LogP contribution in [-0.2, 0) is 0 Å². The van der Waals surface area contributed by atoms with Gasteiger partial charge in [0.25, 0.3) is 5.67 Å². The van der Waals surface area contributed by atoms with Crippen LogP contribution in [0.5, 0.6) is 0 Å². The summed E-state index contributed by atoms with van der Waals surface area (Å²) in [6, 6.07) is 0. The molecule has 0 saturated heterocycles. The van der Waals surface area contributed by atoms with Crippen molar-refractivity contribution in [3.05, 3.63) is 0 Å². The van der Waals surface area contributed by atoms with Gasteiger partial charge in [0.05, 0.1) is 0 Å². The number of hydrogen-bond donors (Lipinski definition) is 0. The molecule has 1 saturated carbocycles. The third-order valence-corrected chi connectivity index (χ3v) is 6.68. The average Bonchev–Trinajstić information content (AvgIpc) is 2.53. The molecule has 1 unspecified atom stereocenters. The highest BCUT2D eigenvalue weighted by Gasteiger charge is 3.01. The predicted octanol–water partition coefficient (Wildman–Crippen LogP) is 7.44. The molecule has 1 aliphatic rings. The summed E-state index contributed by atoms with van der Waals surface area (Å²) in [6.45, 7) is 2.97. The Kier molecular flexibility index (Phi) is 6.51. The van der Waals surface area contributed by atoms with Gasteiger partial charge in [-0.3, -0.25) is 0 Å². The Morgan fingerprint density at radius 3 is 1.33 bits per heavy atom. The third kappa shape index (κ3) is 3.13. The van der Waals surface area contributed by atoms with Gasteiger partial charge in [-0.25, -0.2) is 4.39 Å². The Balaban J connectivity index is 3.57. The molecule has 0 spiro atoms. The Hall–Kier alpha value is -0.0400. The van der Waals surface area contributed by atoms with E-state index in [0.717, 1.165) is 0 Å². The highest BCUT2D eigenvalue weighted by atomic mass is 127. The maximum Gasteiger partial charge on any atom is 0.384 e. The normalized spacial score (nSPS) is 29.1. The summed E-state index contributed by atoms with van der Waals surface area (Å²) in [5.41, 5.74) is -5.88. The van der Waals surface area contributed by atoms with Gasteiger partial charge in [-0.2, -0.15) is 43.9 Å². The molecular formula is C15H18F11I. The second-order valence-corrected chi connectivity index (χ2v) is 9.10. The van der Waals surface area contributed by atoms with E-state index in [-0.39, 0.29) is 19.3 Å². The zero-order valence-corrected chi connectivity index (χ0v) is 16.4. The van der Waals surface area contributed by atoms with E-state index in [0.29, 0.717) is 12.8 Å². The quantitative estimate of drug-likeness (QED) is 0.138. The lowest BCUT2D eigenvalue weighted by Gasteiger charge is -2.54. The van der Waals surface area contributed by atoms with Crippen molar-refractivity contribution < 1.29 is 48.3 Å². The molecule has 0 aromatic heterocycles. The van der Waals surface area contributed by atoms with Crippen LogP contribution in [0, 0.1) is 0 Å². The Morgan fingerprint density at radius 2 is 1.00 bits per heavy atom. The standard InChI is InChI=1S/C15H18F11I/c1-3-5-6-7-9(27,4-2)8-10(16)11(17,18)13(21,22)15(25,26)14(23,24)12(10,19)20/h3-8H2,1-2H3. The van der Waals surface area contributed by atoms with Crippen molar-refractivity contribution in [3.63, 3.8) is 0 Å². The molecule has 27 heavy (non-hydrogen) atoms. The van der Waals surface area contributed by atoms with Gasteiger partial charge in [-0.1, -0.05) is 55.7 Å². The Bertz CT molecular complexity index is 516. The van der Waals surface area contributed by atoms with E-state index >= 15 is 0 Å². The molecule has 0 aromatic rings. The summed E-state index contributed by atoms with van der Waals surface area (Å²) in [4.78, 5) is 0. The topological polar surface area (TPSA) is 0 Å². The van der Waals surface area contributed by atoms with E-state index in [1.807, 2.05) is 0 Å². The van der Waals surface area contributed by atoms with Gasteiger partial charge in [-0.05, 0) is 12.8 Å². The van der Waals surface area contributed by atoms with Crippen LogP contribution in [0.25, 0.3) is 0 Å². The summed E-state index contributed by atoms with van der Waals surface area (Å²) in [5, 5.41) is 0. The molecule has 1 rings (SSSR count). The minimum Gasteiger partial charge on any atom is -0.230 e. The number of rotatable bonds is 7. The van der Waals surface area contributed by atoms with Crippen LogP contribution in [0.4, 0.5) is 48.3 Å². The van der Waals surface area contributed by atoms with Gasteiger partial charge in [0.2, 0.25) is 0 Å². The number of halogens is 12. The van der Waals surface area contributed by atoms with E-state index < -0.39 is 45.1 Å². The zero-order valence-electron chi connectivity index (χ0n) is 14.3. The van der Waals surface area contributed by atoms with E-state index in [1.165, 1.54) is 29.5 Å². The fraction of sp³-hybridized carbons (Fsp3) is 1.00.